The maximum atomic E-state index is 6.13. The van der Waals surface area contributed by atoms with Crippen molar-refractivity contribution in [1.82, 2.24) is 4.90 Å². The number of thiophene rings is 1. The maximum absolute atomic E-state index is 6.13. The lowest BCUT2D eigenvalue weighted by atomic mass is 9.95. The van der Waals surface area contributed by atoms with Gasteiger partial charge in [0.25, 0.3) is 0 Å². The summed E-state index contributed by atoms with van der Waals surface area (Å²) in [6.07, 6.45) is 5.26. The number of rotatable bonds is 7. The second-order valence-corrected chi connectivity index (χ2v) is 8.14. The number of hydrogen-bond acceptors (Lipinski definition) is 3. The van der Waals surface area contributed by atoms with Crippen molar-refractivity contribution < 1.29 is 0 Å². The minimum atomic E-state index is 0.246. The third kappa shape index (κ3) is 3.84. The van der Waals surface area contributed by atoms with Crippen LogP contribution in [0.1, 0.15) is 69.2 Å². The fraction of sp³-hybridized carbons (Fsp3) is 0.765. The van der Waals surface area contributed by atoms with E-state index in [1.54, 1.807) is 0 Å². The predicted molar refractivity (Wildman–Crippen MR) is 89.5 cm³/mol. The third-order valence-corrected chi connectivity index (χ3v) is 5.72. The maximum Gasteiger partial charge on any atom is 0.0566 e. The quantitative estimate of drug-likeness (QED) is 0.812. The number of nitrogens with two attached hydrogens (primary N) is 1. The fourth-order valence-electron chi connectivity index (χ4n) is 2.69. The Bertz CT molecular complexity index is 415. The minimum Gasteiger partial charge on any atom is -0.329 e. The van der Waals surface area contributed by atoms with Crippen LogP contribution in [0.25, 0.3) is 0 Å². The van der Waals surface area contributed by atoms with Crippen LogP contribution in [0.3, 0.4) is 0 Å². The van der Waals surface area contributed by atoms with Gasteiger partial charge in [-0.3, -0.25) is 4.90 Å². The SMILES string of the molecule is CCCCN(C1CC1)C(CN)c1ccc(C(C)(C)C)s1. The molecular formula is C17H30N2S. The van der Waals surface area contributed by atoms with Gasteiger partial charge in [0.2, 0.25) is 0 Å². The van der Waals surface area contributed by atoms with Gasteiger partial charge in [-0.1, -0.05) is 34.1 Å². The molecule has 1 atom stereocenters. The zero-order valence-electron chi connectivity index (χ0n) is 13.5. The monoisotopic (exact) mass is 294 g/mol. The van der Waals surface area contributed by atoms with Crippen LogP contribution in [0.2, 0.25) is 0 Å². The molecule has 1 fully saturated rings. The van der Waals surface area contributed by atoms with Gasteiger partial charge in [-0.05, 0) is 43.4 Å². The normalized spacial score (nSPS) is 17.7. The van der Waals surface area contributed by atoms with E-state index in [4.69, 9.17) is 5.73 Å². The van der Waals surface area contributed by atoms with Gasteiger partial charge >= 0.3 is 0 Å². The predicted octanol–water partition coefficient (Wildman–Crippen LogP) is 4.31. The third-order valence-electron chi connectivity index (χ3n) is 4.10. The van der Waals surface area contributed by atoms with E-state index < -0.39 is 0 Å². The van der Waals surface area contributed by atoms with Crippen molar-refractivity contribution in [2.45, 2.75) is 70.9 Å². The van der Waals surface area contributed by atoms with Gasteiger partial charge in [-0.2, -0.15) is 0 Å². The van der Waals surface area contributed by atoms with Crippen molar-refractivity contribution in [2.24, 2.45) is 5.73 Å². The molecule has 1 aliphatic rings. The first-order chi connectivity index (χ1) is 9.47. The summed E-state index contributed by atoms with van der Waals surface area (Å²) in [5.41, 5.74) is 6.37. The van der Waals surface area contributed by atoms with Gasteiger partial charge in [0.1, 0.15) is 0 Å². The van der Waals surface area contributed by atoms with E-state index in [-0.39, 0.29) is 5.41 Å². The summed E-state index contributed by atoms with van der Waals surface area (Å²) in [4.78, 5) is 5.60. The van der Waals surface area contributed by atoms with Crippen LogP contribution >= 0.6 is 11.3 Å². The number of hydrogen-bond donors (Lipinski definition) is 1. The van der Waals surface area contributed by atoms with Crippen molar-refractivity contribution in [3.05, 3.63) is 21.9 Å². The van der Waals surface area contributed by atoms with Crippen molar-refractivity contribution in [1.29, 1.82) is 0 Å². The molecule has 1 saturated carbocycles. The van der Waals surface area contributed by atoms with Crippen molar-refractivity contribution >= 4 is 11.3 Å². The molecule has 3 heteroatoms. The molecule has 1 aliphatic carbocycles. The zero-order valence-corrected chi connectivity index (χ0v) is 14.3. The van der Waals surface area contributed by atoms with E-state index in [2.05, 4.69) is 44.7 Å². The van der Waals surface area contributed by atoms with Gasteiger partial charge in [0.15, 0.2) is 0 Å². The summed E-state index contributed by atoms with van der Waals surface area (Å²) in [7, 11) is 0. The summed E-state index contributed by atoms with van der Waals surface area (Å²) < 4.78 is 0. The average molecular weight is 295 g/mol. The topological polar surface area (TPSA) is 29.3 Å². The Morgan fingerprint density at radius 2 is 2.05 bits per heavy atom. The molecule has 20 heavy (non-hydrogen) atoms. The van der Waals surface area contributed by atoms with Crippen LogP contribution in [-0.2, 0) is 5.41 Å². The van der Waals surface area contributed by atoms with Crippen LogP contribution in [0, 0.1) is 0 Å². The summed E-state index contributed by atoms with van der Waals surface area (Å²) >= 11 is 1.96. The number of nitrogens with zero attached hydrogens (tertiary/aromatic N) is 1. The fourth-order valence-corrected chi connectivity index (χ4v) is 3.89. The van der Waals surface area contributed by atoms with Crippen LogP contribution in [0.5, 0.6) is 0 Å². The Hall–Kier alpha value is -0.380. The first kappa shape index (κ1) is 16.0. The second-order valence-electron chi connectivity index (χ2n) is 7.03. The highest BCUT2D eigenvalue weighted by Crippen LogP contribution is 2.38. The van der Waals surface area contributed by atoms with E-state index >= 15 is 0 Å². The molecule has 0 spiro atoms. The molecule has 0 radical (unpaired) electrons. The lowest BCUT2D eigenvalue weighted by molar-refractivity contribution is 0.191. The molecule has 1 unspecified atom stereocenters. The first-order valence-electron chi connectivity index (χ1n) is 8.03. The lowest BCUT2D eigenvalue weighted by Gasteiger charge is -2.30. The number of unbranched alkanes of at least 4 members (excludes halogenated alkanes) is 1. The van der Waals surface area contributed by atoms with Crippen molar-refractivity contribution in [3.8, 4) is 0 Å². The van der Waals surface area contributed by atoms with Gasteiger partial charge in [0, 0.05) is 22.3 Å². The second kappa shape index (κ2) is 6.59. The van der Waals surface area contributed by atoms with E-state index in [9.17, 15) is 0 Å². The van der Waals surface area contributed by atoms with E-state index in [1.807, 2.05) is 11.3 Å². The molecule has 1 aromatic rings. The highest BCUT2D eigenvalue weighted by Gasteiger charge is 2.34. The molecule has 114 valence electrons. The van der Waals surface area contributed by atoms with Crippen molar-refractivity contribution in [3.63, 3.8) is 0 Å². The molecule has 0 saturated heterocycles. The Morgan fingerprint density at radius 3 is 2.50 bits per heavy atom. The Balaban J connectivity index is 2.15. The average Bonchev–Trinajstić information content (AvgIpc) is 3.10. The molecule has 1 aromatic heterocycles. The van der Waals surface area contributed by atoms with E-state index in [0.717, 1.165) is 12.6 Å². The van der Waals surface area contributed by atoms with Crippen LogP contribution in [-0.4, -0.2) is 24.0 Å². The summed E-state index contributed by atoms with van der Waals surface area (Å²) in [5.74, 6) is 0. The van der Waals surface area contributed by atoms with Gasteiger partial charge in [-0.15, -0.1) is 11.3 Å². The molecule has 1 heterocycles. The van der Waals surface area contributed by atoms with Crippen LogP contribution < -0.4 is 5.73 Å². The van der Waals surface area contributed by atoms with Crippen molar-refractivity contribution in [2.75, 3.05) is 13.1 Å². The Labute approximate surface area is 128 Å². The molecule has 2 N–H and O–H groups in total. The van der Waals surface area contributed by atoms with Crippen LogP contribution in [0.4, 0.5) is 0 Å². The lowest BCUT2D eigenvalue weighted by Crippen LogP contribution is -2.35. The summed E-state index contributed by atoms with van der Waals surface area (Å²) in [6.45, 7) is 11.1. The first-order valence-corrected chi connectivity index (χ1v) is 8.85. The summed E-state index contributed by atoms with van der Waals surface area (Å²) in [5, 5.41) is 0. The Kier molecular flexibility index (Phi) is 5.27. The molecule has 0 bridgehead atoms. The molecule has 2 rings (SSSR count). The summed E-state index contributed by atoms with van der Waals surface area (Å²) in [6, 6.07) is 5.82. The van der Waals surface area contributed by atoms with E-state index in [1.165, 1.54) is 42.0 Å². The van der Waals surface area contributed by atoms with E-state index in [0.29, 0.717) is 6.04 Å². The van der Waals surface area contributed by atoms with Gasteiger partial charge < -0.3 is 5.73 Å². The molecule has 2 nitrogen and oxygen atoms in total. The largest absolute Gasteiger partial charge is 0.329 e. The molecule has 0 amide bonds. The standard InChI is InChI=1S/C17H30N2S/c1-5-6-11-19(13-7-8-13)14(12-18)15-9-10-16(20-15)17(2,3)4/h9-10,13-14H,5-8,11-12,18H2,1-4H3. The molecule has 0 aliphatic heterocycles. The van der Waals surface area contributed by atoms with Gasteiger partial charge in [0.05, 0.1) is 6.04 Å². The zero-order chi connectivity index (χ0) is 14.8. The van der Waals surface area contributed by atoms with Gasteiger partial charge in [-0.25, -0.2) is 0 Å². The highest BCUT2D eigenvalue weighted by molar-refractivity contribution is 7.12. The molecular weight excluding hydrogens is 264 g/mol. The minimum absolute atomic E-state index is 0.246. The van der Waals surface area contributed by atoms with Crippen LogP contribution in [0.15, 0.2) is 12.1 Å². The molecule has 0 aromatic carbocycles. The highest BCUT2D eigenvalue weighted by atomic mass is 32.1. The Morgan fingerprint density at radius 1 is 1.35 bits per heavy atom. The smallest absolute Gasteiger partial charge is 0.0566 e.